The zero-order chi connectivity index (χ0) is 14.4. The summed E-state index contributed by atoms with van der Waals surface area (Å²) in [7, 11) is -12.3. The molecule has 1 aromatic rings. The highest BCUT2D eigenvalue weighted by atomic mass is 32.2. The second-order valence-corrected chi connectivity index (χ2v) is 9.36. The average molecular weight is 315 g/mol. The molecule has 0 radical (unpaired) electrons. The first kappa shape index (κ1) is 14.9. The van der Waals surface area contributed by atoms with Crippen molar-refractivity contribution >= 4 is 29.5 Å². The number of rotatable bonds is 3. The fourth-order valence-corrected chi connectivity index (χ4v) is 4.92. The molecule has 0 N–H and O–H groups in total. The van der Waals surface area contributed by atoms with Gasteiger partial charge < -0.3 is 0 Å². The summed E-state index contributed by atoms with van der Waals surface area (Å²) >= 11 is 0. The van der Waals surface area contributed by atoms with Crippen LogP contribution in [0.1, 0.15) is 0 Å². The van der Waals surface area contributed by atoms with E-state index in [-0.39, 0.29) is 0 Å². The predicted octanol–water partition coefficient (Wildman–Crippen LogP) is -1.92. The van der Waals surface area contributed by atoms with Crippen LogP contribution < -0.4 is 0 Å². The maximum atomic E-state index is 11.5. The molecule has 1 aromatic heterocycles. The zero-order valence-electron chi connectivity index (χ0n) is 9.52. The molecule has 0 bridgehead atoms. The Balaban J connectivity index is 4.04. The predicted molar refractivity (Wildman–Crippen MR) is 59.2 cm³/mol. The van der Waals surface area contributed by atoms with Gasteiger partial charge in [-0.1, -0.05) is 0 Å². The molecule has 0 aliphatic rings. The van der Waals surface area contributed by atoms with Crippen LogP contribution in [0.3, 0.4) is 0 Å². The van der Waals surface area contributed by atoms with Crippen LogP contribution >= 0.6 is 0 Å². The highest BCUT2D eigenvalue weighted by Gasteiger charge is 2.32. The molecule has 9 nitrogen and oxygen atoms in total. The number of hydrogen-bond acceptors (Lipinski definition) is 9. The Morgan fingerprint density at radius 3 is 1.22 bits per heavy atom. The first-order valence-electron chi connectivity index (χ1n) is 4.18. The summed E-state index contributed by atoms with van der Waals surface area (Å²) in [4.78, 5) is -0.956. The summed E-state index contributed by atoms with van der Waals surface area (Å²) in [6.45, 7) is 0. The average Bonchev–Trinajstić information content (AvgIpc) is 2.12. The maximum absolute atomic E-state index is 11.5. The van der Waals surface area contributed by atoms with Crippen LogP contribution in [0.15, 0.2) is 14.9 Å². The number of aromatic nitrogens is 3. The van der Waals surface area contributed by atoms with Crippen molar-refractivity contribution in [1.82, 2.24) is 15.4 Å². The van der Waals surface area contributed by atoms with Gasteiger partial charge in [0.2, 0.25) is 10.1 Å². The van der Waals surface area contributed by atoms with E-state index in [1.807, 2.05) is 0 Å². The lowest BCUT2D eigenvalue weighted by Gasteiger charge is -2.07. The highest BCUT2D eigenvalue weighted by Crippen LogP contribution is 2.23. The maximum Gasteiger partial charge on any atom is 0.200 e. The fraction of sp³-hybridized carbons (Fsp3) is 0.500. The van der Waals surface area contributed by atoms with Gasteiger partial charge in [-0.15, -0.1) is 10.2 Å². The summed E-state index contributed by atoms with van der Waals surface area (Å²) in [6, 6.07) is 0. The zero-order valence-corrected chi connectivity index (χ0v) is 12.0. The van der Waals surface area contributed by atoms with Gasteiger partial charge in [-0.25, -0.2) is 25.3 Å². The SMILES string of the molecule is CS(=O)(=O)c1nnnc(S(C)(=O)=O)c1S(C)(=O)=O. The van der Waals surface area contributed by atoms with Gasteiger partial charge in [0.05, 0.1) is 0 Å². The van der Waals surface area contributed by atoms with Crippen molar-refractivity contribution in [3.63, 3.8) is 0 Å². The van der Waals surface area contributed by atoms with Gasteiger partial charge in [0.25, 0.3) is 0 Å². The van der Waals surface area contributed by atoms with E-state index in [0.29, 0.717) is 18.8 Å². The Labute approximate surface area is 104 Å². The number of hydrogen-bond donors (Lipinski definition) is 0. The summed E-state index contributed by atoms with van der Waals surface area (Å²) in [5.74, 6) is 0. The van der Waals surface area contributed by atoms with Gasteiger partial charge >= 0.3 is 0 Å². The highest BCUT2D eigenvalue weighted by molar-refractivity contribution is 7.95. The summed E-state index contributed by atoms with van der Waals surface area (Å²) in [5, 5.41) is 7.30. The van der Waals surface area contributed by atoms with Crippen molar-refractivity contribution in [3.8, 4) is 0 Å². The van der Waals surface area contributed by atoms with E-state index in [4.69, 9.17) is 0 Å². The lowest BCUT2D eigenvalue weighted by atomic mass is 10.7. The van der Waals surface area contributed by atoms with E-state index < -0.39 is 44.5 Å². The third kappa shape index (κ3) is 3.00. The van der Waals surface area contributed by atoms with Gasteiger partial charge in [0.15, 0.2) is 29.5 Å². The second kappa shape index (κ2) is 4.20. The topological polar surface area (TPSA) is 141 Å². The molecule has 0 saturated carbocycles. The van der Waals surface area contributed by atoms with Gasteiger partial charge in [0, 0.05) is 18.8 Å². The van der Waals surface area contributed by atoms with Gasteiger partial charge in [-0.05, 0) is 5.21 Å². The van der Waals surface area contributed by atoms with Crippen molar-refractivity contribution in [2.24, 2.45) is 0 Å². The molecule has 0 spiro atoms. The molecule has 0 aliphatic heterocycles. The lowest BCUT2D eigenvalue weighted by molar-refractivity contribution is 0.550. The quantitative estimate of drug-likeness (QED) is 0.624. The smallest absolute Gasteiger partial charge is 0.200 e. The monoisotopic (exact) mass is 315 g/mol. The van der Waals surface area contributed by atoms with Gasteiger partial charge in [-0.3, -0.25) is 0 Å². The Morgan fingerprint density at radius 2 is 1.00 bits per heavy atom. The molecule has 12 heteroatoms. The van der Waals surface area contributed by atoms with E-state index >= 15 is 0 Å². The molecule has 1 rings (SSSR count). The molecule has 1 heterocycles. The van der Waals surface area contributed by atoms with Crippen LogP contribution in [0.2, 0.25) is 0 Å². The van der Waals surface area contributed by atoms with Crippen molar-refractivity contribution < 1.29 is 25.3 Å². The minimum absolute atomic E-state index is 0.662. The third-order valence-corrected chi connectivity index (χ3v) is 5.10. The molecular weight excluding hydrogens is 306 g/mol. The van der Waals surface area contributed by atoms with Crippen molar-refractivity contribution in [2.45, 2.75) is 14.9 Å². The summed E-state index contributed by atoms with van der Waals surface area (Å²) in [5.41, 5.74) is 0. The van der Waals surface area contributed by atoms with E-state index in [9.17, 15) is 25.3 Å². The third-order valence-electron chi connectivity index (χ3n) is 1.73. The molecule has 0 aliphatic carbocycles. The summed E-state index contributed by atoms with van der Waals surface area (Å²) in [6.07, 6.45) is 2.05. The van der Waals surface area contributed by atoms with Gasteiger partial charge in [-0.2, -0.15) is 0 Å². The number of nitrogens with zero attached hydrogens (tertiary/aromatic N) is 3. The molecule has 0 atom stereocenters. The Hall–Kier alpha value is -1.14. The van der Waals surface area contributed by atoms with Crippen LogP contribution in [0, 0.1) is 0 Å². The molecule has 0 saturated heterocycles. The van der Waals surface area contributed by atoms with E-state index in [0.717, 1.165) is 0 Å². The van der Waals surface area contributed by atoms with Gasteiger partial charge in [0.1, 0.15) is 4.90 Å². The molecule has 0 unspecified atom stereocenters. The molecule has 0 amide bonds. The van der Waals surface area contributed by atoms with Crippen molar-refractivity contribution in [2.75, 3.05) is 18.8 Å². The van der Waals surface area contributed by atoms with Crippen LogP contribution in [0.4, 0.5) is 0 Å². The van der Waals surface area contributed by atoms with Crippen LogP contribution in [-0.4, -0.2) is 59.4 Å². The number of sulfone groups is 3. The normalized spacial score (nSPS) is 13.5. The Morgan fingerprint density at radius 1 is 0.667 bits per heavy atom. The summed E-state index contributed by atoms with van der Waals surface area (Å²) < 4.78 is 68.6. The molecule has 0 fully saturated rings. The minimum atomic E-state index is -4.15. The Kier molecular flexibility index (Phi) is 3.49. The molecule has 18 heavy (non-hydrogen) atoms. The molecule has 0 aromatic carbocycles. The van der Waals surface area contributed by atoms with Crippen LogP contribution in [-0.2, 0) is 29.5 Å². The van der Waals surface area contributed by atoms with Crippen molar-refractivity contribution in [3.05, 3.63) is 0 Å². The lowest BCUT2D eigenvalue weighted by Crippen LogP contribution is -2.18. The Bertz CT molecular complexity index is 743. The van der Waals surface area contributed by atoms with E-state index in [1.165, 1.54) is 0 Å². The minimum Gasteiger partial charge on any atom is -0.224 e. The first-order chi connectivity index (χ1) is 7.85. The first-order valence-corrected chi connectivity index (χ1v) is 9.86. The fourth-order valence-electron chi connectivity index (χ4n) is 1.09. The van der Waals surface area contributed by atoms with Crippen molar-refractivity contribution in [1.29, 1.82) is 0 Å². The molecular formula is C6H9N3O6S3. The molecule has 102 valence electrons. The van der Waals surface area contributed by atoms with Crippen LogP contribution in [0.5, 0.6) is 0 Å². The van der Waals surface area contributed by atoms with Crippen LogP contribution in [0.25, 0.3) is 0 Å². The largest absolute Gasteiger partial charge is 0.224 e. The van der Waals surface area contributed by atoms with E-state index in [2.05, 4.69) is 15.4 Å². The van der Waals surface area contributed by atoms with E-state index in [1.54, 1.807) is 0 Å². The second-order valence-electron chi connectivity index (χ2n) is 3.55. The standard InChI is InChI=1S/C6H9N3O6S3/c1-16(10,11)4-5(17(2,12)13)7-9-8-6(4)18(3,14)15/h1-3H3.